The van der Waals surface area contributed by atoms with Crippen molar-refractivity contribution in [1.29, 1.82) is 0 Å². The van der Waals surface area contributed by atoms with Gasteiger partial charge in [0.2, 0.25) is 10.0 Å². The van der Waals surface area contributed by atoms with Gasteiger partial charge in [0.1, 0.15) is 0 Å². The lowest BCUT2D eigenvalue weighted by Crippen LogP contribution is -2.35. The Labute approximate surface area is 93.9 Å². The number of hydrogen-bond acceptors (Lipinski definition) is 3. The number of sulfonamides is 1. The Hall–Kier alpha value is -0.130. The van der Waals surface area contributed by atoms with E-state index in [1.54, 1.807) is 0 Å². The van der Waals surface area contributed by atoms with Gasteiger partial charge in [0.15, 0.2) is 0 Å². The molecule has 0 fully saturated rings. The Morgan fingerprint density at radius 2 is 1.67 bits per heavy atom. The van der Waals surface area contributed by atoms with Crippen LogP contribution in [-0.2, 0) is 10.0 Å². The van der Waals surface area contributed by atoms with Gasteiger partial charge >= 0.3 is 0 Å². The van der Waals surface area contributed by atoms with Crippen LogP contribution in [0, 0.1) is 5.92 Å². The Balaban J connectivity index is 3.66. The van der Waals surface area contributed by atoms with Crippen LogP contribution in [0.15, 0.2) is 0 Å². The number of hydrogen-bond donors (Lipinski definition) is 2. The molecule has 0 aliphatic heterocycles. The third-order valence-electron chi connectivity index (χ3n) is 1.96. The molecular weight excluding hydrogens is 212 g/mol. The molecular formula is C10H24N2O2S. The summed E-state index contributed by atoms with van der Waals surface area (Å²) in [5, 5.41) is 3.16. The zero-order valence-electron chi connectivity index (χ0n) is 10.2. The van der Waals surface area contributed by atoms with E-state index in [4.69, 9.17) is 0 Å². The minimum absolute atomic E-state index is 0.229. The molecule has 0 aromatic rings. The third-order valence-corrected chi connectivity index (χ3v) is 3.38. The van der Waals surface area contributed by atoms with Crippen LogP contribution in [0.1, 0.15) is 34.1 Å². The summed E-state index contributed by atoms with van der Waals surface area (Å²) in [6, 6.07) is 0.394. The molecule has 0 unspecified atom stereocenters. The fourth-order valence-electron chi connectivity index (χ4n) is 1.03. The first kappa shape index (κ1) is 14.9. The van der Waals surface area contributed by atoms with Crippen LogP contribution in [0.3, 0.4) is 0 Å². The van der Waals surface area contributed by atoms with Gasteiger partial charge in [0.05, 0.1) is 5.75 Å². The van der Waals surface area contributed by atoms with Gasteiger partial charge in [-0.3, -0.25) is 0 Å². The first-order chi connectivity index (χ1) is 6.83. The fourth-order valence-corrected chi connectivity index (χ4v) is 2.37. The highest BCUT2D eigenvalue weighted by Gasteiger charge is 2.09. The van der Waals surface area contributed by atoms with Crippen LogP contribution in [0.5, 0.6) is 0 Å². The van der Waals surface area contributed by atoms with E-state index in [2.05, 4.69) is 10.0 Å². The number of nitrogens with one attached hydrogen (secondary N) is 2. The molecule has 15 heavy (non-hydrogen) atoms. The van der Waals surface area contributed by atoms with Gasteiger partial charge in [-0.05, 0) is 12.3 Å². The van der Waals surface area contributed by atoms with E-state index in [1.165, 1.54) is 0 Å². The van der Waals surface area contributed by atoms with Crippen molar-refractivity contribution >= 4 is 10.0 Å². The average Bonchev–Trinajstić information content (AvgIpc) is 2.09. The molecule has 0 spiro atoms. The van der Waals surface area contributed by atoms with Gasteiger partial charge < -0.3 is 5.32 Å². The van der Waals surface area contributed by atoms with Crippen molar-refractivity contribution in [3.8, 4) is 0 Å². The summed E-state index contributed by atoms with van der Waals surface area (Å²) in [4.78, 5) is 0. The molecule has 0 saturated carbocycles. The molecule has 4 nitrogen and oxygen atoms in total. The van der Waals surface area contributed by atoms with E-state index < -0.39 is 10.0 Å². The molecule has 5 heteroatoms. The molecule has 0 saturated heterocycles. The minimum Gasteiger partial charge on any atom is -0.313 e. The van der Waals surface area contributed by atoms with Gasteiger partial charge in [-0.15, -0.1) is 0 Å². The minimum atomic E-state index is -3.06. The lowest BCUT2D eigenvalue weighted by atomic mass is 10.2. The molecule has 0 aliphatic rings. The standard InChI is InChI=1S/C10H24N2O2S/c1-9(2)5-8-15(13,14)12-7-6-11-10(3)4/h9-12H,5-8H2,1-4H3. The van der Waals surface area contributed by atoms with Crippen molar-refractivity contribution in [1.82, 2.24) is 10.0 Å². The summed E-state index contributed by atoms with van der Waals surface area (Å²) in [5.41, 5.74) is 0. The second kappa shape index (κ2) is 7.19. The maximum Gasteiger partial charge on any atom is 0.211 e. The van der Waals surface area contributed by atoms with Crippen molar-refractivity contribution < 1.29 is 8.42 Å². The predicted molar refractivity (Wildman–Crippen MR) is 64.4 cm³/mol. The quantitative estimate of drug-likeness (QED) is 0.617. The molecule has 2 N–H and O–H groups in total. The van der Waals surface area contributed by atoms with E-state index in [-0.39, 0.29) is 5.75 Å². The maximum atomic E-state index is 11.4. The number of rotatable bonds is 8. The Morgan fingerprint density at radius 3 is 2.13 bits per heavy atom. The molecule has 0 aliphatic carbocycles. The summed E-state index contributed by atoms with van der Waals surface area (Å²) >= 11 is 0. The molecule has 0 radical (unpaired) electrons. The lowest BCUT2D eigenvalue weighted by Gasteiger charge is -2.10. The third kappa shape index (κ3) is 10.2. The van der Waals surface area contributed by atoms with E-state index in [9.17, 15) is 8.42 Å². The zero-order valence-corrected chi connectivity index (χ0v) is 11.0. The van der Waals surface area contributed by atoms with E-state index in [1.807, 2.05) is 27.7 Å². The molecule has 0 amide bonds. The topological polar surface area (TPSA) is 58.2 Å². The van der Waals surface area contributed by atoms with Crippen molar-refractivity contribution in [3.05, 3.63) is 0 Å². The first-order valence-corrected chi connectivity index (χ1v) is 7.19. The first-order valence-electron chi connectivity index (χ1n) is 5.54. The van der Waals surface area contributed by atoms with Crippen LogP contribution in [-0.4, -0.2) is 33.3 Å². The van der Waals surface area contributed by atoms with Gasteiger partial charge in [-0.1, -0.05) is 27.7 Å². The molecule has 0 heterocycles. The van der Waals surface area contributed by atoms with Crippen molar-refractivity contribution in [2.24, 2.45) is 5.92 Å². The SMILES string of the molecule is CC(C)CCS(=O)(=O)NCCNC(C)C. The fraction of sp³-hybridized carbons (Fsp3) is 1.00. The Kier molecular flexibility index (Phi) is 7.13. The smallest absolute Gasteiger partial charge is 0.211 e. The molecule has 0 aromatic carbocycles. The Bertz CT molecular complexity index is 248. The molecule has 0 bridgehead atoms. The van der Waals surface area contributed by atoms with Gasteiger partial charge in [-0.25, -0.2) is 13.1 Å². The van der Waals surface area contributed by atoms with Crippen molar-refractivity contribution in [3.63, 3.8) is 0 Å². The van der Waals surface area contributed by atoms with Crippen LogP contribution < -0.4 is 10.0 Å². The second-order valence-electron chi connectivity index (χ2n) is 4.50. The van der Waals surface area contributed by atoms with E-state index in [0.717, 1.165) is 0 Å². The van der Waals surface area contributed by atoms with Gasteiger partial charge in [0, 0.05) is 19.1 Å². The molecule has 0 aromatic heterocycles. The second-order valence-corrected chi connectivity index (χ2v) is 6.43. The van der Waals surface area contributed by atoms with Crippen LogP contribution in [0.25, 0.3) is 0 Å². The maximum absolute atomic E-state index is 11.4. The predicted octanol–water partition coefficient (Wildman–Crippen LogP) is 0.950. The highest BCUT2D eigenvalue weighted by molar-refractivity contribution is 7.89. The summed E-state index contributed by atoms with van der Waals surface area (Å²) < 4.78 is 25.5. The summed E-state index contributed by atoms with van der Waals surface area (Å²) in [6.07, 6.45) is 0.715. The van der Waals surface area contributed by atoms with Crippen molar-refractivity contribution in [2.75, 3.05) is 18.8 Å². The van der Waals surface area contributed by atoms with Crippen LogP contribution in [0.4, 0.5) is 0 Å². The van der Waals surface area contributed by atoms with Crippen LogP contribution in [0.2, 0.25) is 0 Å². The lowest BCUT2D eigenvalue weighted by molar-refractivity contribution is 0.548. The van der Waals surface area contributed by atoms with E-state index >= 15 is 0 Å². The van der Waals surface area contributed by atoms with Gasteiger partial charge in [0.25, 0.3) is 0 Å². The van der Waals surface area contributed by atoms with E-state index in [0.29, 0.717) is 31.5 Å². The van der Waals surface area contributed by atoms with Crippen molar-refractivity contribution in [2.45, 2.75) is 40.2 Å². The molecule has 92 valence electrons. The summed E-state index contributed by atoms with van der Waals surface area (Å²) in [6.45, 7) is 9.27. The Morgan fingerprint density at radius 1 is 1.07 bits per heavy atom. The average molecular weight is 236 g/mol. The summed E-state index contributed by atoms with van der Waals surface area (Å²) in [7, 11) is -3.06. The van der Waals surface area contributed by atoms with Gasteiger partial charge in [-0.2, -0.15) is 0 Å². The summed E-state index contributed by atoms with van der Waals surface area (Å²) in [5.74, 6) is 0.655. The highest BCUT2D eigenvalue weighted by atomic mass is 32.2. The largest absolute Gasteiger partial charge is 0.313 e. The zero-order chi connectivity index (χ0) is 11.9. The molecule has 0 atom stereocenters. The van der Waals surface area contributed by atoms with Crippen LogP contribution >= 0.6 is 0 Å². The molecule has 0 rings (SSSR count). The normalized spacial score (nSPS) is 12.7. The monoisotopic (exact) mass is 236 g/mol. The highest BCUT2D eigenvalue weighted by Crippen LogP contribution is 2.01.